The summed E-state index contributed by atoms with van der Waals surface area (Å²) in [5.41, 5.74) is 3.49. The first-order valence-corrected chi connectivity index (χ1v) is 7.13. The van der Waals surface area contributed by atoms with Gasteiger partial charge < -0.3 is 10.6 Å². The Morgan fingerprint density at radius 2 is 2.11 bits per heavy atom. The van der Waals surface area contributed by atoms with Gasteiger partial charge in [0.25, 0.3) is 0 Å². The molecule has 1 aliphatic rings. The van der Waals surface area contributed by atoms with Crippen LogP contribution in [0, 0.1) is 19.8 Å². The van der Waals surface area contributed by atoms with Crippen LogP contribution in [0.15, 0.2) is 4.99 Å². The van der Waals surface area contributed by atoms with E-state index in [0.29, 0.717) is 6.54 Å². The van der Waals surface area contributed by atoms with Gasteiger partial charge in [-0.2, -0.15) is 5.10 Å². The molecule has 1 saturated carbocycles. The summed E-state index contributed by atoms with van der Waals surface area (Å²) in [5.74, 6) is 1.77. The lowest BCUT2D eigenvalue weighted by Gasteiger charge is -2.10. The summed E-state index contributed by atoms with van der Waals surface area (Å²) >= 11 is 0. The standard InChI is InChI=1S/C14H25N5/c1-5-15-14(16-8-12-6-7-12)17-9-13-10(2)18-19(4)11(13)3/h12H,5-9H2,1-4H3,(H2,15,16,17). The van der Waals surface area contributed by atoms with Crippen molar-refractivity contribution in [1.29, 1.82) is 0 Å². The Morgan fingerprint density at radius 3 is 2.63 bits per heavy atom. The number of aromatic nitrogens is 2. The highest BCUT2D eigenvalue weighted by Gasteiger charge is 2.21. The van der Waals surface area contributed by atoms with Gasteiger partial charge in [0.15, 0.2) is 5.96 Å². The Kier molecular flexibility index (Phi) is 4.45. The van der Waals surface area contributed by atoms with Gasteiger partial charge in [0.05, 0.1) is 12.2 Å². The summed E-state index contributed by atoms with van der Waals surface area (Å²) in [6.45, 7) is 8.84. The molecule has 5 nitrogen and oxygen atoms in total. The van der Waals surface area contributed by atoms with Crippen LogP contribution in [0.3, 0.4) is 0 Å². The third kappa shape index (κ3) is 3.72. The van der Waals surface area contributed by atoms with Crippen LogP contribution >= 0.6 is 0 Å². The van der Waals surface area contributed by atoms with E-state index < -0.39 is 0 Å². The number of aliphatic imine (C=N–C) groups is 1. The van der Waals surface area contributed by atoms with E-state index in [1.807, 2.05) is 18.7 Å². The van der Waals surface area contributed by atoms with Crippen LogP contribution in [-0.4, -0.2) is 28.8 Å². The summed E-state index contributed by atoms with van der Waals surface area (Å²) in [6, 6.07) is 0. The second-order valence-electron chi connectivity index (χ2n) is 5.29. The van der Waals surface area contributed by atoms with Gasteiger partial charge >= 0.3 is 0 Å². The lowest BCUT2D eigenvalue weighted by atomic mass is 10.2. The summed E-state index contributed by atoms with van der Waals surface area (Å²) < 4.78 is 1.92. The molecule has 0 saturated heterocycles. The molecule has 0 atom stereocenters. The van der Waals surface area contributed by atoms with E-state index in [0.717, 1.165) is 30.7 Å². The van der Waals surface area contributed by atoms with Gasteiger partial charge in [-0.05, 0) is 39.5 Å². The van der Waals surface area contributed by atoms with E-state index in [-0.39, 0.29) is 0 Å². The highest BCUT2D eigenvalue weighted by Crippen LogP contribution is 2.27. The number of aryl methyl sites for hydroxylation is 2. The molecule has 5 heteroatoms. The summed E-state index contributed by atoms with van der Waals surface area (Å²) in [5, 5.41) is 11.1. The van der Waals surface area contributed by atoms with Crippen LogP contribution < -0.4 is 10.6 Å². The van der Waals surface area contributed by atoms with Crippen LogP contribution in [0.4, 0.5) is 0 Å². The Morgan fingerprint density at radius 1 is 1.37 bits per heavy atom. The number of nitrogens with one attached hydrogen (secondary N) is 2. The van der Waals surface area contributed by atoms with Crippen LogP contribution in [0.5, 0.6) is 0 Å². The smallest absolute Gasteiger partial charge is 0.191 e. The van der Waals surface area contributed by atoms with E-state index in [1.54, 1.807) is 0 Å². The minimum atomic E-state index is 0.686. The summed E-state index contributed by atoms with van der Waals surface area (Å²) in [6.07, 6.45) is 2.71. The molecule has 1 aliphatic carbocycles. The predicted molar refractivity (Wildman–Crippen MR) is 78.2 cm³/mol. The van der Waals surface area contributed by atoms with Crippen molar-refractivity contribution in [3.05, 3.63) is 17.0 Å². The zero-order valence-electron chi connectivity index (χ0n) is 12.5. The third-order valence-corrected chi connectivity index (χ3v) is 3.65. The zero-order valence-corrected chi connectivity index (χ0v) is 12.5. The van der Waals surface area contributed by atoms with Crippen LogP contribution in [0.25, 0.3) is 0 Å². The molecule has 1 fully saturated rings. The first kappa shape index (κ1) is 13.9. The molecular weight excluding hydrogens is 238 g/mol. The fourth-order valence-corrected chi connectivity index (χ4v) is 2.11. The van der Waals surface area contributed by atoms with E-state index in [1.165, 1.54) is 24.1 Å². The van der Waals surface area contributed by atoms with Gasteiger partial charge in [-0.25, -0.2) is 4.99 Å². The fraction of sp³-hybridized carbons (Fsp3) is 0.714. The lowest BCUT2D eigenvalue weighted by Crippen LogP contribution is -2.38. The van der Waals surface area contributed by atoms with Gasteiger partial charge in [0, 0.05) is 31.4 Å². The number of rotatable bonds is 5. The molecule has 1 heterocycles. The Hall–Kier alpha value is -1.52. The SMILES string of the molecule is CCNC(=NCc1c(C)nn(C)c1C)NCC1CC1. The number of nitrogens with zero attached hydrogens (tertiary/aromatic N) is 3. The average molecular weight is 263 g/mol. The van der Waals surface area contributed by atoms with E-state index in [4.69, 9.17) is 0 Å². The van der Waals surface area contributed by atoms with E-state index >= 15 is 0 Å². The van der Waals surface area contributed by atoms with E-state index in [9.17, 15) is 0 Å². The largest absolute Gasteiger partial charge is 0.357 e. The number of hydrogen-bond acceptors (Lipinski definition) is 2. The van der Waals surface area contributed by atoms with Crippen molar-refractivity contribution in [2.45, 2.75) is 40.2 Å². The third-order valence-electron chi connectivity index (χ3n) is 3.65. The van der Waals surface area contributed by atoms with Gasteiger partial charge in [0.2, 0.25) is 0 Å². The molecule has 1 aromatic heterocycles. The minimum absolute atomic E-state index is 0.686. The maximum absolute atomic E-state index is 4.66. The molecule has 0 amide bonds. The maximum Gasteiger partial charge on any atom is 0.191 e. The Labute approximate surface area is 115 Å². The van der Waals surface area contributed by atoms with Crippen molar-refractivity contribution in [2.75, 3.05) is 13.1 Å². The van der Waals surface area contributed by atoms with Crippen molar-refractivity contribution in [1.82, 2.24) is 20.4 Å². The molecule has 0 bridgehead atoms. The number of guanidine groups is 1. The molecule has 0 radical (unpaired) electrons. The Balaban J connectivity index is 1.99. The first-order chi connectivity index (χ1) is 9.11. The van der Waals surface area contributed by atoms with E-state index in [2.05, 4.69) is 34.6 Å². The highest BCUT2D eigenvalue weighted by molar-refractivity contribution is 5.79. The normalized spacial score (nSPS) is 15.7. The van der Waals surface area contributed by atoms with Crippen molar-refractivity contribution >= 4 is 5.96 Å². The highest BCUT2D eigenvalue weighted by atomic mass is 15.3. The van der Waals surface area contributed by atoms with Gasteiger partial charge in [-0.15, -0.1) is 0 Å². The number of hydrogen-bond donors (Lipinski definition) is 2. The van der Waals surface area contributed by atoms with Crippen molar-refractivity contribution in [2.24, 2.45) is 18.0 Å². The molecule has 106 valence electrons. The molecule has 2 N–H and O–H groups in total. The zero-order chi connectivity index (χ0) is 13.8. The minimum Gasteiger partial charge on any atom is -0.357 e. The molecule has 0 unspecified atom stereocenters. The molecule has 1 aromatic rings. The monoisotopic (exact) mass is 263 g/mol. The summed E-state index contributed by atoms with van der Waals surface area (Å²) in [7, 11) is 1.98. The van der Waals surface area contributed by atoms with Crippen molar-refractivity contribution in [3.63, 3.8) is 0 Å². The quantitative estimate of drug-likeness (QED) is 0.625. The molecule has 0 aromatic carbocycles. The molecule has 2 rings (SSSR count). The first-order valence-electron chi connectivity index (χ1n) is 7.13. The van der Waals surface area contributed by atoms with Crippen LogP contribution in [-0.2, 0) is 13.6 Å². The topological polar surface area (TPSA) is 54.2 Å². The second-order valence-corrected chi connectivity index (χ2v) is 5.29. The van der Waals surface area contributed by atoms with Gasteiger partial charge in [-0.1, -0.05) is 0 Å². The fourth-order valence-electron chi connectivity index (χ4n) is 2.11. The van der Waals surface area contributed by atoms with Crippen molar-refractivity contribution < 1.29 is 0 Å². The molecule has 0 aliphatic heterocycles. The summed E-state index contributed by atoms with van der Waals surface area (Å²) in [4.78, 5) is 4.66. The second kappa shape index (κ2) is 6.08. The van der Waals surface area contributed by atoms with Gasteiger partial charge in [-0.3, -0.25) is 4.68 Å². The lowest BCUT2D eigenvalue weighted by molar-refractivity contribution is 0.728. The average Bonchev–Trinajstić information content (AvgIpc) is 3.15. The maximum atomic E-state index is 4.66. The van der Waals surface area contributed by atoms with Crippen LogP contribution in [0.2, 0.25) is 0 Å². The van der Waals surface area contributed by atoms with Crippen LogP contribution in [0.1, 0.15) is 36.7 Å². The molecule has 19 heavy (non-hydrogen) atoms. The molecular formula is C14H25N5. The van der Waals surface area contributed by atoms with Gasteiger partial charge in [0.1, 0.15) is 0 Å². The Bertz CT molecular complexity index is 457. The molecule has 0 spiro atoms. The van der Waals surface area contributed by atoms with Crippen molar-refractivity contribution in [3.8, 4) is 0 Å². The predicted octanol–water partition coefficient (Wildman–Crippen LogP) is 1.50.